The van der Waals surface area contributed by atoms with Crippen molar-refractivity contribution in [2.75, 3.05) is 19.1 Å². The second-order valence-corrected chi connectivity index (χ2v) is 8.46. The van der Waals surface area contributed by atoms with E-state index in [-0.39, 0.29) is 23.5 Å². The molecule has 1 N–H and O–H groups in total. The first-order valence-corrected chi connectivity index (χ1v) is 11.3. The van der Waals surface area contributed by atoms with Crippen LogP contribution in [-0.4, -0.2) is 32.1 Å². The summed E-state index contributed by atoms with van der Waals surface area (Å²) in [5.74, 6) is -0.913. The van der Waals surface area contributed by atoms with Crippen molar-refractivity contribution in [3.63, 3.8) is 0 Å². The van der Waals surface area contributed by atoms with Crippen LogP contribution in [0.2, 0.25) is 0 Å². The molecule has 0 radical (unpaired) electrons. The number of anilines is 1. The summed E-state index contributed by atoms with van der Waals surface area (Å²) in [4.78, 5) is 39.0. The SMILES string of the molecule is COc1ccc(N2C(=O)NC(=O)/C(=C\c3cc(Br)c(Cc4ccccc4F)c(OC)c3)C2=O)cc1. The topological polar surface area (TPSA) is 84.9 Å². The fraction of sp³-hybridized carbons (Fsp3) is 0.115. The summed E-state index contributed by atoms with van der Waals surface area (Å²) in [6.45, 7) is 0. The first-order valence-electron chi connectivity index (χ1n) is 10.5. The third kappa shape index (κ3) is 4.95. The molecule has 9 heteroatoms. The first kappa shape index (κ1) is 24.2. The summed E-state index contributed by atoms with van der Waals surface area (Å²) in [6, 6.07) is 15.2. The Balaban J connectivity index is 1.69. The lowest BCUT2D eigenvalue weighted by Gasteiger charge is -2.26. The van der Waals surface area contributed by atoms with Crippen molar-refractivity contribution in [2.45, 2.75) is 6.42 Å². The van der Waals surface area contributed by atoms with Crippen LogP contribution in [0.4, 0.5) is 14.9 Å². The van der Waals surface area contributed by atoms with Gasteiger partial charge in [0.25, 0.3) is 11.8 Å². The van der Waals surface area contributed by atoms with E-state index in [1.54, 1.807) is 54.6 Å². The van der Waals surface area contributed by atoms with Crippen LogP contribution in [0, 0.1) is 5.82 Å². The molecule has 1 fully saturated rings. The van der Waals surface area contributed by atoms with Gasteiger partial charge in [-0.3, -0.25) is 14.9 Å². The summed E-state index contributed by atoms with van der Waals surface area (Å²) < 4.78 is 25.4. The normalized spacial score (nSPS) is 14.8. The number of barbiturate groups is 1. The van der Waals surface area contributed by atoms with Gasteiger partial charge >= 0.3 is 6.03 Å². The van der Waals surface area contributed by atoms with Gasteiger partial charge in [-0.1, -0.05) is 34.1 Å². The van der Waals surface area contributed by atoms with Gasteiger partial charge in [0.05, 0.1) is 19.9 Å². The van der Waals surface area contributed by atoms with Gasteiger partial charge in [0.2, 0.25) is 0 Å². The first-order chi connectivity index (χ1) is 16.8. The highest BCUT2D eigenvalue weighted by Gasteiger charge is 2.36. The average Bonchev–Trinajstić information content (AvgIpc) is 2.84. The number of methoxy groups -OCH3 is 2. The van der Waals surface area contributed by atoms with E-state index in [2.05, 4.69) is 21.2 Å². The van der Waals surface area contributed by atoms with Gasteiger partial charge in [0, 0.05) is 16.5 Å². The van der Waals surface area contributed by atoms with E-state index in [1.807, 2.05) is 0 Å². The maximum Gasteiger partial charge on any atom is 0.335 e. The zero-order valence-corrected chi connectivity index (χ0v) is 20.4. The van der Waals surface area contributed by atoms with E-state index >= 15 is 0 Å². The number of imide groups is 2. The highest BCUT2D eigenvalue weighted by atomic mass is 79.9. The summed E-state index contributed by atoms with van der Waals surface area (Å²) in [6.07, 6.45) is 1.65. The molecule has 1 saturated heterocycles. The number of carbonyl (C=O) groups is 3. The summed E-state index contributed by atoms with van der Waals surface area (Å²) in [5, 5.41) is 2.19. The lowest BCUT2D eigenvalue weighted by atomic mass is 10.00. The third-order valence-corrected chi connectivity index (χ3v) is 6.17. The maximum absolute atomic E-state index is 14.2. The van der Waals surface area contributed by atoms with Crippen molar-refractivity contribution in [1.82, 2.24) is 5.32 Å². The fourth-order valence-corrected chi connectivity index (χ4v) is 4.29. The Kier molecular flexibility index (Phi) is 6.97. The van der Waals surface area contributed by atoms with Crippen LogP contribution in [0.5, 0.6) is 11.5 Å². The Morgan fingerprint density at radius 3 is 2.37 bits per heavy atom. The molecular weight excluding hydrogens is 519 g/mol. The van der Waals surface area contributed by atoms with Gasteiger partial charge in [0.1, 0.15) is 22.9 Å². The number of rotatable bonds is 6. The minimum absolute atomic E-state index is 0.226. The molecule has 0 aliphatic carbocycles. The number of hydrogen-bond donors (Lipinski definition) is 1. The molecule has 4 amide bonds. The highest BCUT2D eigenvalue weighted by Crippen LogP contribution is 2.33. The van der Waals surface area contributed by atoms with Crippen LogP contribution >= 0.6 is 15.9 Å². The van der Waals surface area contributed by atoms with Crippen molar-refractivity contribution in [3.05, 3.63) is 93.2 Å². The molecule has 1 aliphatic rings. The van der Waals surface area contributed by atoms with Crippen LogP contribution in [0.1, 0.15) is 16.7 Å². The molecule has 0 atom stereocenters. The molecule has 3 aromatic carbocycles. The van der Waals surface area contributed by atoms with Crippen molar-refractivity contribution in [3.8, 4) is 11.5 Å². The minimum Gasteiger partial charge on any atom is -0.497 e. The molecule has 1 aliphatic heterocycles. The number of benzene rings is 3. The number of urea groups is 1. The van der Waals surface area contributed by atoms with Crippen LogP contribution in [0.25, 0.3) is 6.08 Å². The average molecular weight is 539 g/mol. The van der Waals surface area contributed by atoms with Crippen LogP contribution < -0.4 is 19.7 Å². The van der Waals surface area contributed by atoms with Crippen LogP contribution in [0.3, 0.4) is 0 Å². The molecule has 0 unspecified atom stereocenters. The highest BCUT2D eigenvalue weighted by molar-refractivity contribution is 9.10. The Morgan fingerprint density at radius 1 is 1.00 bits per heavy atom. The molecule has 35 heavy (non-hydrogen) atoms. The van der Waals surface area contributed by atoms with E-state index in [0.717, 1.165) is 4.90 Å². The summed E-state index contributed by atoms with van der Waals surface area (Å²) >= 11 is 3.49. The standard InChI is InChI=1S/C26H20BrFN2O5/c1-34-18-9-7-17(8-10-18)30-25(32)20(24(31)29-26(30)33)11-15-12-21(27)19(23(13-15)35-2)14-16-5-3-4-6-22(16)28/h3-13H,14H2,1-2H3,(H,29,31,33)/b20-11+. The van der Waals surface area contributed by atoms with E-state index in [9.17, 15) is 18.8 Å². The Morgan fingerprint density at radius 2 is 1.71 bits per heavy atom. The number of hydrogen-bond acceptors (Lipinski definition) is 5. The monoisotopic (exact) mass is 538 g/mol. The maximum atomic E-state index is 14.2. The second kappa shape index (κ2) is 10.1. The second-order valence-electron chi connectivity index (χ2n) is 7.61. The van der Waals surface area contributed by atoms with E-state index in [0.29, 0.717) is 32.7 Å². The Labute approximate surface area is 209 Å². The van der Waals surface area contributed by atoms with E-state index in [4.69, 9.17) is 9.47 Å². The van der Waals surface area contributed by atoms with E-state index in [1.165, 1.54) is 26.4 Å². The lowest BCUT2D eigenvalue weighted by molar-refractivity contribution is -0.122. The summed E-state index contributed by atoms with van der Waals surface area (Å²) in [5.41, 5.74) is 1.73. The van der Waals surface area contributed by atoms with Gasteiger partial charge in [-0.15, -0.1) is 0 Å². The fourth-order valence-electron chi connectivity index (χ4n) is 3.69. The molecule has 3 aromatic rings. The molecule has 4 rings (SSSR count). The molecule has 0 aromatic heterocycles. The van der Waals surface area contributed by atoms with Gasteiger partial charge in [-0.25, -0.2) is 14.1 Å². The quantitative estimate of drug-likeness (QED) is 0.357. The largest absolute Gasteiger partial charge is 0.497 e. The zero-order valence-electron chi connectivity index (χ0n) is 18.8. The van der Waals surface area contributed by atoms with Gasteiger partial charge in [-0.2, -0.15) is 0 Å². The van der Waals surface area contributed by atoms with Crippen molar-refractivity contribution in [1.29, 1.82) is 0 Å². The van der Waals surface area contributed by atoms with E-state index < -0.39 is 17.8 Å². The summed E-state index contributed by atoms with van der Waals surface area (Å²) in [7, 11) is 2.98. The van der Waals surface area contributed by atoms with Crippen molar-refractivity contribution in [2.24, 2.45) is 0 Å². The van der Waals surface area contributed by atoms with Crippen molar-refractivity contribution < 1.29 is 28.2 Å². The van der Waals surface area contributed by atoms with Crippen LogP contribution in [0.15, 0.2) is 70.7 Å². The molecule has 0 saturated carbocycles. The van der Waals surface area contributed by atoms with Gasteiger partial charge in [-0.05, 0) is 59.7 Å². The predicted octanol–water partition coefficient (Wildman–Crippen LogP) is 4.86. The number of nitrogens with one attached hydrogen (secondary N) is 1. The minimum atomic E-state index is -0.846. The Hall–Kier alpha value is -3.98. The zero-order chi connectivity index (χ0) is 25.1. The van der Waals surface area contributed by atoms with Gasteiger partial charge in [0.15, 0.2) is 0 Å². The molecule has 1 heterocycles. The number of amides is 4. The van der Waals surface area contributed by atoms with Gasteiger partial charge < -0.3 is 9.47 Å². The third-order valence-electron chi connectivity index (χ3n) is 5.47. The predicted molar refractivity (Wildman–Crippen MR) is 132 cm³/mol. The number of halogens is 2. The van der Waals surface area contributed by atoms with Crippen molar-refractivity contribution >= 4 is 45.5 Å². The molecule has 7 nitrogen and oxygen atoms in total. The number of nitrogens with zero attached hydrogens (tertiary/aromatic N) is 1. The molecular formula is C26H20BrFN2O5. The molecule has 178 valence electrons. The smallest absolute Gasteiger partial charge is 0.335 e. The molecule has 0 bridgehead atoms. The van der Waals surface area contributed by atoms with Crippen LogP contribution in [-0.2, 0) is 16.0 Å². The number of ether oxygens (including phenoxy) is 2. The number of carbonyl (C=O) groups excluding carboxylic acids is 3. The molecule has 0 spiro atoms. The lowest BCUT2D eigenvalue weighted by Crippen LogP contribution is -2.54. The Bertz CT molecular complexity index is 1350.